The molecular formula is C13H19NO. The number of benzene rings is 1. The standard InChI is InChI=1S/C13H19NO/c1-11-5-2-3-6-12(11)9-13(15)7-4-8-14-10-13/h2-3,5-6,14-15H,4,7-10H2,1H3. The van der Waals surface area contributed by atoms with Gasteiger partial charge in [0.2, 0.25) is 0 Å². The fourth-order valence-electron chi connectivity index (χ4n) is 2.27. The first-order valence-electron chi connectivity index (χ1n) is 5.67. The van der Waals surface area contributed by atoms with Gasteiger partial charge in [-0.2, -0.15) is 0 Å². The number of rotatable bonds is 2. The molecule has 0 aromatic heterocycles. The highest BCUT2D eigenvalue weighted by molar-refractivity contribution is 5.27. The second-order valence-electron chi connectivity index (χ2n) is 4.61. The van der Waals surface area contributed by atoms with E-state index in [1.165, 1.54) is 11.1 Å². The molecule has 0 amide bonds. The third-order valence-corrected chi connectivity index (χ3v) is 3.23. The zero-order chi connectivity index (χ0) is 10.7. The molecular weight excluding hydrogens is 186 g/mol. The summed E-state index contributed by atoms with van der Waals surface area (Å²) < 4.78 is 0. The highest BCUT2D eigenvalue weighted by atomic mass is 16.3. The van der Waals surface area contributed by atoms with E-state index in [1.54, 1.807) is 0 Å². The maximum Gasteiger partial charge on any atom is 0.0812 e. The van der Waals surface area contributed by atoms with Crippen LogP contribution in [0.25, 0.3) is 0 Å². The minimum absolute atomic E-state index is 0.537. The number of β-amino-alcohol motifs (C(OH)–C–C–N with tert-alkyl or cyclic N) is 1. The molecule has 0 aliphatic carbocycles. The van der Waals surface area contributed by atoms with Crippen molar-refractivity contribution in [2.75, 3.05) is 13.1 Å². The van der Waals surface area contributed by atoms with Gasteiger partial charge >= 0.3 is 0 Å². The van der Waals surface area contributed by atoms with Gasteiger partial charge in [-0.15, -0.1) is 0 Å². The number of hydrogen-bond acceptors (Lipinski definition) is 2. The van der Waals surface area contributed by atoms with Gasteiger partial charge < -0.3 is 10.4 Å². The van der Waals surface area contributed by atoms with Crippen LogP contribution in [0.5, 0.6) is 0 Å². The van der Waals surface area contributed by atoms with Crippen LogP contribution in [0.1, 0.15) is 24.0 Å². The lowest BCUT2D eigenvalue weighted by Gasteiger charge is -2.33. The summed E-state index contributed by atoms with van der Waals surface area (Å²) in [5, 5.41) is 13.7. The molecule has 1 heterocycles. The van der Waals surface area contributed by atoms with Crippen molar-refractivity contribution in [3.05, 3.63) is 35.4 Å². The van der Waals surface area contributed by atoms with E-state index in [-0.39, 0.29) is 0 Å². The summed E-state index contributed by atoms with van der Waals surface area (Å²) in [7, 11) is 0. The van der Waals surface area contributed by atoms with Crippen LogP contribution in [0.2, 0.25) is 0 Å². The summed E-state index contributed by atoms with van der Waals surface area (Å²) >= 11 is 0. The predicted molar refractivity (Wildman–Crippen MR) is 61.9 cm³/mol. The Kier molecular flexibility index (Phi) is 3.08. The van der Waals surface area contributed by atoms with E-state index < -0.39 is 5.60 Å². The molecule has 1 aliphatic heterocycles. The molecule has 1 atom stereocenters. The average molecular weight is 205 g/mol. The molecule has 1 aliphatic rings. The van der Waals surface area contributed by atoms with Crippen molar-refractivity contribution in [2.24, 2.45) is 0 Å². The second kappa shape index (κ2) is 4.33. The van der Waals surface area contributed by atoms with E-state index in [0.29, 0.717) is 0 Å². The van der Waals surface area contributed by atoms with E-state index >= 15 is 0 Å². The molecule has 2 nitrogen and oxygen atoms in total. The molecule has 1 unspecified atom stereocenters. The van der Waals surface area contributed by atoms with Gasteiger partial charge in [0.1, 0.15) is 0 Å². The van der Waals surface area contributed by atoms with Crippen molar-refractivity contribution in [2.45, 2.75) is 31.8 Å². The summed E-state index contributed by atoms with van der Waals surface area (Å²) in [4.78, 5) is 0. The number of nitrogens with one attached hydrogen (secondary N) is 1. The third-order valence-electron chi connectivity index (χ3n) is 3.23. The maximum absolute atomic E-state index is 10.4. The van der Waals surface area contributed by atoms with Gasteiger partial charge in [-0.05, 0) is 37.4 Å². The summed E-state index contributed by atoms with van der Waals surface area (Å²) in [6.45, 7) is 3.87. The number of piperidine rings is 1. The van der Waals surface area contributed by atoms with Crippen LogP contribution in [0, 0.1) is 6.92 Å². The maximum atomic E-state index is 10.4. The van der Waals surface area contributed by atoms with Crippen molar-refractivity contribution in [3.63, 3.8) is 0 Å². The number of hydrogen-bond donors (Lipinski definition) is 2. The van der Waals surface area contributed by atoms with E-state index in [9.17, 15) is 5.11 Å². The first-order valence-corrected chi connectivity index (χ1v) is 5.67. The van der Waals surface area contributed by atoms with Gasteiger partial charge in [0, 0.05) is 13.0 Å². The van der Waals surface area contributed by atoms with Crippen LogP contribution < -0.4 is 5.32 Å². The van der Waals surface area contributed by atoms with E-state index in [1.807, 2.05) is 12.1 Å². The van der Waals surface area contributed by atoms with Crippen molar-refractivity contribution >= 4 is 0 Å². The van der Waals surface area contributed by atoms with Crippen LogP contribution in [0.3, 0.4) is 0 Å². The Labute approximate surface area is 91.3 Å². The van der Waals surface area contributed by atoms with Gasteiger partial charge in [-0.3, -0.25) is 0 Å². The monoisotopic (exact) mass is 205 g/mol. The van der Waals surface area contributed by atoms with Crippen molar-refractivity contribution < 1.29 is 5.11 Å². The minimum Gasteiger partial charge on any atom is -0.388 e. The molecule has 0 spiro atoms. The van der Waals surface area contributed by atoms with E-state index in [2.05, 4.69) is 24.4 Å². The average Bonchev–Trinajstić information content (AvgIpc) is 2.22. The molecule has 0 radical (unpaired) electrons. The molecule has 1 aromatic rings. The second-order valence-corrected chi connectivity index (χ2v) is 4.61. The molecule has 2 N–H and O–H groups in total. The zero-order valence-electron chi connectivity index (χ0n) is 9.29. The molecule has 2 rings (SSSR count). The fourth-order valence-corrected chi connectivity index (χ4v) is 2.27. The summed E-state index contributed by atoms with van der Waals surface area (Å²) in [5.41, 5.74) is 2.00. The van der Waals surface area contributed by atoms with Gasteiger partial charge in [0.05, 0.1) is 5.60 Å². The molecule has 1 aromatic carbocycles. The Balaban J connectivity index is 2.10. The Morgan fingerprint density at radius 1 is 1.40 bits per heavy atom. The Bertz CT molecular complexity index is 329. The topological polar surface area (TPSA) is 32.3 Å². The zero-order valence-corrected chi connectivity index (χ0v) is 9.29. The van der Waals surface area contributed by atoms with Gasteiger partial charge in [0.15, 0.2) is 0 Å². The first kappa shape index (κ1) is 10.7. The van der Waals surface area contributed by atoms with Crippen LogP contribution in [0.4, 0.5) is 0 Å². The van der Waals surface area contributed by atoms with Crippen LogP contribution >= 0.6 is 0 Å². The first-order chi connectivity index (χ1) is 7.20. The predicted octanol–water partition coefficient (Wildman–Crippen LogP) is 1.65. The van der Waals surface area contributed by atoms with Crippen LogP contribution in [-0.4, -0.2) is 23.8 Å². The Morgan fingerprint density at radius 3 is 2.87 bits per heavy atom. The number of aliphatic hydroxyl groups is 1. The van der Waals surface area contributed by atoms with Crippen LogP contribution in [0.15, 0.2) is 24.3 Å². The largest absolute Gasteiger partial charge is 0.388 e. The lowest BCUT2D eigenvalue weighted by Crippen LogP contribution is -2.47. The third kappa shape index (κ3) is 2.58. The SMILES string of the molecule is Cc1ccccc1CC1(O)CCCNC1. The Hall–Kier alpha value is -0.860. The van der Waals surface area contributed by atoms with E-state index in [4.69, 9.17) is 0 Å². The lowest BCUT2D eigenvalue weighted by molar-refractivity contribution is 0.0168. The van der Waals surface area contributed by atoms with Gasteiger partial charge in [-0.25, -0.2) is 0 Å². The fraction of sp³-hybridized carbons (Fsp3) is 0.538. The summed E-state index contributed by atoms with van der Waals surface area (Å²) in [6.07, 6.45) is 2.75. The van der Waals surface area contributed by atoms with Crippen molar-refractivity contribution in [3.8, 4) is 0 Å². The molecule has 15 heavy (non-hydrogen) atoms. The molecule has 1 saturated heterocycles. The van der Waals surface area contributed by atoms with E-state index in [0.717, 1.165) is 32.4 Å². The normalized spacial score (nSPS) is 26.5. The van der Waals surface area contributed by atoms with Gasteiger partial charge in [0.25, 0.3) is 0 Å². The quantitative estimate of drug-likeness (QED) is 0.769. The summed E-state index contributed by atoms with van der Waals surface area (Å²) in [6, 6.07) is 8.31. The highest BCUT2D eigenvalue weighted by Gasteiger charge is 2.29. The molecule has 0 bridgehead atoms. The molecule has 1 fully saturated rings. The molecule has 0 saturated carbocycles. The lowest BCUT2D eigenvalue weighted by atomic mass is 9.86. The minimum atomic E-state index is -0.537. The van der Waals surface area contributed by atoms with Gasteiger partial charge in [-0.1, -0.05) is 24.3 Å². The smallest absolute Gasteiger partial charge is 0.0812 e. The molecule has 82 valence electrons. The van der Waals surface area contributed by atoms with Crippen molar-refractivity contribution in [1.29, 1.82) is 0 Å². The number of aryl methyl sites for hydroxylation is 1. The highest BCUT2D eigenvalue weighted by Crippen LogP contribution is 2.22. The van der Waals surface area contributed by atoms with Crippen molar-refractivity contribution in [1.82, 2.24) is 5.32 Å². The Morgan fingerprint density at radius 2 is 2.20 bits per heavy atom. The summed E-state index contributed by atoms with van der Waals surface area (Å²) in [5.74, 6) is 0. The molecule has 2 heteroatoms. The van der Waals surface area contributed by atoms with Crippen LogP contribution in [-0.2, 0) is 6.42 Å².